The highest BCUT2D eigenvalue weighted by Gasteiger charge is 2.28. The van der Waals surface area contributed by atoms with Gasteiger partial charge in [-0.25, -0.2) is 0 Å². The molecule has 0 N–H and O–H groups in total. The van der Waals surface area contributed by atoms with Crippen molar-refractivity contribution in [1.29, 1.82) is 0 Å². The van der Waals surface area contributed by atoms with Gasteiger partial charge in [-0.3, -0.25) is 4.90 Å². The lowest BCUT2D eigenvalue weighted by Crippen LogP contribution is -2.54. The summed E-state index contributed by atoms with van der Waals surface area (Å²) in [5.74, 6) is 1.75. The molecule has 0 bridgehead atoms. The fraction of sp³-hybridized carbons (Fsp3) is 0.571. The zero-order valence-corrected chi connectivity index (χ0v) is 11.7. The van der Waals surface area contributed by atoms with Crippen LogP contribution in [0.2, 0.25) is 0 Å². The molecular weight excluding hydrogens is 230 g/mol. The molecule has 1 fully saturated rings. The number of hydrogen-bond donors (Lipinski definition) is 0. The summed E-state index contributed by atoms with van der Waals surface area (Å²) in [6.07, 6.45) is 2.47. The molecule has 1 aliphatic heterocycles. The van der Waals surface area contributed by atoms with E-state index in [4.69, 9.17) is 4.74 Å². The predicted molar refractivity (Wildman–Crippen MR) is 73.9 cm³/mol. The number of thioether (sulfide) groups is 1. The standard InChI is InChI=1S/C14H21NOS/c1-11(2)8-15-9-13(10-15)16-12-5-4-6-14(7-12)17-3/h4-7,11,13H,8-10H2,1-3H3. The monoisotopic (exact) mass is 251 g/mol. The van der Waals surface area contributed by atoms with E-state index in [9.17, 15) is 0 Å². The molecule has 0 atom stereocenters. The van der Waals surface area contributed by atoms with Crippen molar-refractivity contribution < 1.29 is 4.74 Å². The van der Waals surface area contributed by atoms with Gasteiger partial charge in [0.15, 0.2) is 0 Å². The number of nitrogens with zero attached hydrogens (tertiary/aromatic N) is 1. The van der Waals surface area contributed by atoms with Crippen LogP contribution in [0.3, 0.4) is 0 Å². The Morgan fingerprint density at radius 2 is 2.18 bits per heavy atom. The van der Waals surface area contributed by atoms with Crippen molar-refractivity contribution in [3.05, 3.63) is 24.3 Å². The Morgan fingerprint density at radius 3 is 2.82 bits per heavy atom. The van der Waals surface area contributed by atoms with E-state index in [1.807, 2.05) is 6.07 Å². The first-order chi connectivity index (χ1) is 8.17. The molecule has 1 aliphatic rings. The summed E-state index contributed by atoms with van der Waals surface area (Å²) in [7, 11) is 0. The Kier molecular flexibility index (Phi) is 4.35. The highest BCUT2D eigenvalue weighted by atomic mass is 32.2. The van der Waals surface area contributed by atoms with Gasteiger partial charge in [-0.05, 0) is 30.4 Å². The Bertz CT molecular complexity index is 361. The minimum Gasteiger partial charge on any atom is -0.488 e. The lowest BCUT2D eigenvalue weighted by Gasteiger charge is -2.39. The van der Waals surface area contributed by atoms with Crippen molar-refractivity contribution in [2.75, 3.05) is 25.9 Å². The van der Waals surface area contributed by atoms with Gasteiger partial charge >= 0.3 is 0 Å². The van der Waals surface area contributed by atoms with Crippen LogP contribution in [0.5, 0.6) is 5.75 Å². The minimum atomic E-state index is 0.380. The third kappa shape index (κ3) is 3.65. The van der Waals surface area contributed by atoms with Gasteiger partial charge in [0, 0.05) is 24.5 Å². The van der Waals surface area contributed by atoms with Crippen molar-refractivity contribution >= 4 is 11.8 Å². The summed E-state index contributed by atoms with van der Waals surface area (Å²) in [5, 5.41) is 0. The number of hydrogen-bond acceptors (Lipinski definition) is 3. The van der Waals surface area contributed by atoms with Crippen molar-refractivity contribution in [3.63, 3.8) is 0 Å². The molecule has 0 radical (unpaired) electrons. The molecule has 1 aromatic carbocycles. The Hall–Kier alpha value is -0.670. The third-order valence-electron chi connectivity index (χ3n) is 2.89. The van der Waals surface area contributed by atoms with Crippen LogP contribution in [0.15, 0.2) is 29.2 Å². The van der Waals surface area contributed by atoms with Gasteiger partial charge in [-0.15, -0.1) is 11.8 Å². The van der Waals surface area contributed by atoms with E-state index in [2.05, 4.69) is 43.2 Å². The van der Waals surface area contributed by atoms with Gasteiger partial charge in [-0.2, -0.15) is 0 Å². The number of rotatable bonds is 5. The first-order valence-corrected chi connectivity index (χ1v) is 7.43. The van der Waals surface area contributed by atoms with Crippen LogP contribution < -0.4 is 4.74 Å². The summed E-state index contributed by atoms with van der Waals surface area (Å²) in [4.78, 5) is 3.72. The van der Waals surface area contributed by atoms with Gasteiger partial charge in [0.1, 0.15) is 11.9 Å². The lowest BCUT2D eigenvalue weighted by molar-refractivity contribution is 0.0130. The fourth-order valence-corrected chi connectivity index (χ4v) is 2.58. The summed E-state index contributed by atoms with van der Waals surface area (Å²) in [6.45, 7) is 7.85. The quantitative estimate of drug-likeness (QED) is 0.746. The molecule has 0 spiro atoms. The maximum atomic E-state index is 5.95. The van der Waals surface area contributed by atoms with E-state index in [0.29, 0.717) is 6.10 Å². The molecule has 0 unspecified atom stereocenters. The second kappa shape index (κ2) is 5.78. The van der Waals surface area contributed by atoms with Crippen LogP contribution in [0.25, 0.3) is 0 Å². The van der Waals surface area contributed by atoms with E-state index >= 15 is 0 Å². The zero-order valence-electron chi connectivity index (χ0n) is 10.8. The molecule has 1 aromatic rings. The number of likely N-dealkylation sites (tertiary alicyclic amines) is 1. The minimum absolute atomic E-state index is 0.380. The first-order valence-electron chi connectivity index (χ1n) is 6.20. The average molecular weight is 251 g/mol. The summed E-state index contributed by atoms with van der Waals surface area (Å²) >= 11 is 1.75. The zero-order chi connectivity index (χ0) is 12.3. The topological polar surface area (TPSA) is 12.5 Å². The van der Waals surface area contributed by atoms with Gasteiger partial charge in [0.05, 0.1) is 0 Å². The SMILES string of the molecule is CSc1cccc(OC2CN(CC(C)C)C2)c1. The second-order valence-corrected chi connectivity index (χ2v) is 5.91. The molecule has 2 rings (SSSR count). The van der Waals surface area contributed by atoms with Crippen LogP contribution in [-0.2, 0) is 0 Å². The molecule has 0 saturated carbocycles. The maximum absolute atomic E-state index is 5.95. The molecule has 3 heteroatoms. The fourth-order valence-electron chi connectivity index (χ4n) is 2.13. The number of ether oxygens (including phenoxy) is 1. The molecule has 17 heavy (non-hydrogen) atoms. The molecule has 2 nitrogen and oxygen atoms in total. The second-order valence-electron chi connectivity index (χ2n) is 5.03. The van der Waals surface area contributed by atoms with Crippen molar-refractivity contribution in [1.82, 2.24) is 4.90 Å². The normalized spacial score (nSPS) is 17.2. The Balaban J connectivity index is 1.79. The highest BCUT2D eigenvalue weighted by Crippen LogP contribution is 2.23. The molecule has 1 heterocycles. The summed E-state index contributed by atoms with van der Waals surface area (Å²) in [6, 6.07) is 8.34. The Labute approximate surface area is 108 Å². The van der Waals surface area contributed by atoms with Crippen LogP contribution in [0.4, 0.5) is 0 Å². The van der Waals surface area contributed by atoms with Gasteiger partial charge < -0.3 is 4.74 Å². The van der Waals surface area contributed by atoms with Crippen LogP contribution in [0, 0.1) is 5.92 Å². The Morgan fingerprint density at radius 1 is 1.41 bits per heavy atom. The number of benzene rings is 1. The molecule has 1 saturated heterocycles. The molecule has 94 valence electrons. The third-order valence-corrected chi connectivity index (χ3v) is 3.62. The molecule has 0 amide bonds. The first kappa shape index (κ1) is 12.8. The smallest absolute Gasteiger partial charge is 0.124 e. The van der Waals surface area contributed by atoms with E-state index in [1.54, 1.807) is 11.8 Å². The lowest BCUT2D eigenvalue weighted by atomic mass is 10.1. The van der Waals surface area contributed by atoms with E-state index in [0.717, 1.165) is 24.8 Å². The maximum Gasteiger partial charge on any atom is 0.124 e. The average Bonchev–Trinajstić information content (AvgIpc) is 2.26. The van der Waals surface area contributed by atoms with Crippen molar-refractivity contribution in [2.24, 2.45) is 5.92 Å². The van der Waals surface area contributed by atoms with E-state index < -0.39 is 0 Å². The summed E-state index contributed by atoms with van der Waals surface area (Å²) in [5.41, 5.74) is 0. The van der Waals surface area contributed by atoms with E-state index in [-0.39, 0.29) is 0 Å². The largest absolute Gasteiger partial charge is 0.488 e. The predicted octanol–water partition coefficient (Wildman–Crippen LogP) is 3.13. The molecule has 0 aromatic heterocycles. The van der Waals surface area contributed by atoms with Crippen LogP contribution >= 0.6 is 11.8 Å². The van der Waals surface area contributed by atoms with E-state index in [1.165, 1.54) is 11.4 Å². The van der Waals surface area contributed by atoms with Gasteiger partial charge in [0.2, 0.25) is 0 Å². The van der Waals surface area contributed by atoms with Crippen molar-refractivity contribution in [3.8, 4) is 5.75 Å². The van der Waals surface area contributed by atoms with Gasteiger partial charge in [-0.1, -0.05) is 19.9 Å². The van der Waals surface area contributed by atoms with Crippen molar-refractivity contribution in [2.45, 2.75) is 24.8 Å². The van der Waals surface area contributed by atoms with Crippen LogP contribution in [-0.4, -0.2) is 36.9 Å². The molecule has 0 aliphatic carbocycles. The van der Waals surface area contributed by atoms with Gasteiger partial charge in [0.25, 0.3) is 0 Å². The molecular formula is C14H21NOS. The highest BCUT2D eigenvalue weighted by molar-refractivity contribution is 7.98. The summed E-state index contributed by atoms with van der Waals surface area (Å²) < 4.78 is 5.95. The van der Waals surface area contributed by atoms with Crippen LogP contribution in [0.1, 0.15) is 13.8 Å².